The summed E-state index contributed by atoms with van der Waals surface area (Å²) in [6.45, 7) is 7.19. The molecule has 21 heavy (non-hydrogen) atoms. The fraction of sp³-hybridized carbons (Fsp3) is 0.588. The van der Waals surface area contributed by atoms with E-state index in [1.807, 2.05) is 17.0 Å². The van der Waals surface area contributed by atoms with Crippen LogP contribution in [0.5, 0.6) is 0 Å². The van der Waals surface area contributed by atoms with E-state index in [1.165, 1.54) is 11.1 Å². The van der Waals surface area contributed by atoms with Gasteiger partial charge >= 0.3 is 0 Å². The van der Waals surface area contributed by atoms with Crippen LogP contribution >= 0.6 is 11.8 Å². The van der Waals surface area contributed by atoms with Crippen LogP contribution in [-0.4, -0.2) is 34.8 Å². The number of thioether (sulfide) groups is 1. The lowest BCUT2D eigenvalue weighted by molar-refractivity contribution is -0.128. The number of hydrogen-bond donors (Lipinski definition) is 1. The van der Waals surface area contributed by atoms with Gasteiger partial charge in [0.05, 0.1) is 5.75 Å². The molecule has 0 radical (unpaired) electrons. The van der Waals surface area contributed by atoms with Gasteiger partial charge in [-0.15, -0.1) is 11.8 Å². The average molecular weight is 307 g/mol. The second kappa shape index (κ2) is 6.84. The molecule has 1 saturated heterocycles. The summed E-state index contributed by atoms with van der Waals surface area (Å²) in [7, 11) is 0. The Labute approximate surface area is 131 Å². The molecule has 1 aromatic carbocycles. The first-order chi connectivity index (χ1) is 9.94. The highest BCUT2D eigenvalue weighted by atomic mass is 32.2. The van der Waals surface area contributed by atoms with Gasteiger partial charge in [0, 0.05) is 13.2 Å². The van der Waals surface area contributed by atoms with Gasteiger partial charge in [-0.3, -0.25) is 4.79 Å². The molecule has 1 N–H and O–H groups in total. The van der Waals surface area contributed by atoms with Gasteiger partial charge in [0.15, 0.2) is 0 Å². The fourth-order valence-corrected chi connectivity index (χ4v) is 3.94. The van der Waals surface area contributed by atoms with Crippen LogP contribution in [0.15, 0.2) is 24.3 Å². The van der Waals surface area contributed by atoms with Crippen molar-refractivity contribution in [1.29, 1.82) is 0 Å². The SMILES string of the molecule is Cc1ccccc1C1SCC(=O)N1CCCC(C)(C)CO. The molecule has 0 spiro atoms. The Morgan fingerprint density at radius 3 is 2.76 bits per heavy atom. The van der Waals surface area contributed by atoms with E-state index in [-0.39, 0.29) is 23.3 Å². The molecule has 1 aliphatic rings. The third-order valence-electron chi connectivity index (χ3n) is 4.10. The molecule has 0 saturated carbocycles. The Hall–Kier alpha value is -1.00. The monoisotopic (exact) mass is 307 g/mol. The van der Waals surface area contributed by atoms with Crippen molar-refractivity contribution in [2.45, 2.75) is 39.0 Å². The molecule has 1 heterocycles. The molecule has 0 bridgehead atoms. The number of aryl methyl sites for hydroxylation is 1. The molecule has 4 heteroatoms. The number of nitrogens with zero attached hydrogens (tertiary/aromatic N) is 1. The van der Waals surface area contributed by atoms with Crippen LogP contribution in [0.4, 0.5) is 0 Å². The molecular weight excluding hydrogens is 282 g/mol. The van der Waals surface area contributed by atoms with Crippen LogP contribution in [-0.2, 0) is 4.79 Å². The van der Waals surface area contributed by atoms with Crippen molar-refractivity contribution >= 4 is 17.7 Å². The van der Waals surface area contributed by atoms with Crippen molar-refractivity contribution in [1.82, 2.24) is 4.90 Å². The molecular formula is C17H25NO2S. The van der Waals surface area contributed by atoms with Gasteiger partial charge in [-0.05, 0) is 36.3 Å². The predicted octanol–water partition coefficient (Wildman–Crippen LogP) is 3.37. The third kappa shape index (κ3) is 4.01. The first kappa shape index (κ1) is 16.4. The third-order valence-corrected chi connectivity index (χ3v) is 5.34. The molecule has 3 nitrogen and oxygen atoms in total. The summed E-state index contributed by atoms with van der Waals surface area (Å²) in [5.41, 5.74) is 2.42. The Morgan fingerprint density at radius 1 is 1.38 bits per heavy atom. The Balaban J connectivity index is 2.03. The summed E-state index contributed by atoms with van der Waals surface area (Å²) in [5, 5.41) is 9.47. The van der Waals surface area contributed by atoms with Gasteiger partial charge in [-0.1, -0.05) is 38.1 Å². The molecule has 116 valence electrons. The topological polar surface area (TPSA) is 40.5 Å². The van der Waals surface area contributed by atoms with Crippen molar-refractivity contribution in [3.8, 4) is 0 Å². The zero-order valence-corrected chi connectivity index (χ0v) is 13.9. The Morgan fingerprint density at radius 2 is 2.10 bits per heavy atom. The van der Waals surface area contributed by atoms with Gasteiger partial charge < -0.3 is 10.0 Å². The number of amides is 1. The molecule has 1 amide bonds. The second-order valence-corrected chi connectivity index (χ2v) is 7.60. The van der Waals surface area contributed by atoms with Crippen molar-refractivity contribution in [2.24, 2.45) is 5.41 Å². The van der Waals surface area contributed by atoms with Crippen LogP contribution < -0.4 is 0 Å². The Kier molecular flexibility index (Phi) is 5.33. The quantitative estimate of drug-likeness (QED) is 0.876. The van der Waals surface area contributed by atoms with Gasteiger partial charge in [-0.2, -0.15) is 0 Å². The van der Waals surface area contributed by atoms with Crippen molar-refractivity contribution in [3.05, 3.63) is 35.4 Å². The van der Waals surface area contributed by atoms with Gasteiger partial charge in [0.1, 0.15) is 5.37 Å². The number of aliphatic hydroxyl groups is 1. The molecule has 0 aromatic heterocycles. The number of aliphatic hydroxyl groups excluding tert-OH is 1. The summed E-state index contributed by atoms with van der Waals surface area (Å²) in [6, 6.07) is 8.30. The maximum absolute atomic E-state index is 12.2. The minimum atomic E-state index is -0.0614. The van der Waals surface area contributed by atoms with E-state index >= 15 is 0 Å². The smallest absolute Gasteiger partial charge is 0.233 e. The zero-order valence-electron chi connectivity index (χ0n) is 13.1. The van der Waals surface area contributed by atoms with Crippen LogP contribution in [0.3, 0.4) is 0 Å². The number of carbonyl (C=O) groups is 1. The summed E-state index contributed by atoms with van der Waals surface area (Å²) in [4.78, 5) is 14.2. The molecule has 1 unspecified atom stereocenters. The van der Waals surface area contributed by atoms with Crippen LogP contribution in [0.1, 0.15) is 43.2 Å². The zero-order chi connectivity index (χ0) is 15.5. The lowest BCUT2D eigenvalue weighted by Gasteiger charge is -2.27. The summed E-state index contributed by atoms with van der Waals surface area (Å²) < 4.78 is 0. The van der Waals surface area contributed by atoms with Crippen LogP contribution in [0.25, 0.3) is 0 Å². The lowest BCUT2D eigenvalue weighted by atomic mass is 9.89. The average Bonchev–Trinajstić information content (AvgIpc) is 2.81. The van der Waals surface area contributed by atoms with Gasteiger partial charge in [-0.25, -0.2) is 0 Å². The van der Waals surface area contributed by atoms with Crippen molar-refractivity contribution < 1.29 is 9.90 Å². The first-order valence-electron chi connectivity index (χ1n) is 7.52. The van der Waals surface area contributed by atoms with Crippen molar-refractivity contribution in [2.75, 3.05) is 18.9 Å². The summed E-state index contributed by atoms with van der Waals surface area (Å²) >= 11 is 1.72. The maximum atomic E-state index is 12.2. The highest BCUT2D eigenvalue weighted by Crippen LogP contribution is 2.40. The summed E-state index contributed by atoms with van der Waals surface area (Å²) in [6.07, 6.45) is 1.86. The van der Waals surface area contributed by atoms with E-state index in [9.17, 15) is 9.90 Å². The number of hydrogen-bond acceptors (Lipinski definition) is 3. The first-order valence-corrected chi connectivity index (χ1v) is 8.57. The maximum Gasteiger partial charge on any atom is 0.233 e. The fourth-order valence-electron chi connectivity index (χ4n) is 2.62. The van der Waals surface area contributed by atoms with Gasteiger partial charge in [0.2, 0.25) is 5.91 Å². The highest BCUT2D eigenvalue weighted by molar-refractivity contribution is 8.00. The Bertz CT molecular complexity index is 501. The van der Waals surface area contributed by atoms with Gasteiger partial charge in [0.25, 0.3) is 0 Å². The van der Waals surface area contributed by atoms with Crippen LogP contribution in [0.2, 0.25) is 0 Å². The number of carbonyl (C=O) groups excluding carboxylic acids is 1. The number of rotatable bonds is 6. The van der Waals surface area contributed by atoms with Crippen LogP contribution in [0, 0.1) is 12.3 Å². The molecule has 1 atom stereocenters. The lowest BCUT2D eigenvalue weighted by Crippen LogP contribution is -2.30. The van der Waals surface area contributed by atoms with Crippen molar-refractivity contribution in [3.63, 3.8) is 0 Å². The minimum absolute atomic E-state index is 0.0614. The normalized spacial score (nSPS) is 19.3. The largest absolute Gasteiger partial charge is 0.396 e. The van der Waals surface area contributed by atoms with E-state index < -0.39 is 0 Å². The molecule has 1 aliphatic heterocycles. The molecule has 1 aromatic rings. The summed E-state index contributed by atoms with van der Waals surface area (Å²) in [5.74, 6) is 0.803. The van der Waals surface area contributed by atoms with E-state index in [0.29, 0.717) is 5.75 Å². The molecule has 2 rings (SSSR count). The molecule has 1 fully saturated rings. The highest BCUT2D eigenvalue weighted by Gasteiger charge is 2.33. The van der Waals surface area contributed by atoms with E-state index in [2.05, 4.69) is 32.9 Å². The second-order valence-electron chi connectivity index (χ2n) is 6.53. The van der Waals surface area contributed by atoms with E-state index in [1.54, 1.807) is 11.8 Å². The standard InChI is InChI=1S/C17H25NO2S/c1-13-7-4-5-8-14(13)16-18(15(20)11-21-16)10-6-9-17(2,3)12-19/h4-5,7-8,16,19H,6,9-12H2,1-3H3. The van der Waals surface area contributed by atoms with E-state index in [4.69, 9.17) is 0 Å². The van der Waals surface area contributed by atoms with E-state index in [0.717, 1.165) is 19.4 Å². The molecule has 0 aliphatic carbocycles. The number of benzene rings is 1. The predicted molar refractivity (Wildman–Crippen MR) is 88.2 cm³/mol. The minimum Gasteiger partial charge on any atom is -0.396 e.